The molecule has 0 fully saturated rings. The molecule has 0 spiro atoms. The highest BCUT2D eigenvalue weighted by molar-refractivity contribution is 5.96. The van der Waals surface area contributed by atoms with Crippen molar-refractivity contribution in [2.45, 2.75) is 20.4 Å². The van der Waals surface area contributed by atoms with Gasteiger partial charge in [-0.1, -0.05) is 18.2 Å². The van der Waals surface area contributed by atoms with Gasteiger partial charge in [0.2, 0.25) is 0 Å². The van der Waals surface area contributed by atoms with Crippen LogP contribution in [0.2, 0.25) is 0 Å². The largest absolute Gasteiger partial charge is 0.456 e. The number of carbonyl (C=O) groups excluding carboxylic acids is 1. The maximum Gasteiger partial charge on any atom is 0.251 e. The molecule has 6 nitrogen and oxygen atoms in total. The normalized spacial score (nSPS) is 11.1. The minimum atomic E-state index is -0.144. The predicted molar refractivity (Wildman–Crippen MR) is 130 cm³/mol. The predicted octanol–water partition coefficient (Wildman–Crippen LogP) is 5.46. The van der Waals surface area contributed by atoms with E-state index in [-0.39, 0.29) is 5.91 Å². The highest BCUT2D eigenvalue weighted by Gasteiger charge is 2.14. The van der Waals surface area contributed by atoms with Crippen molar-refractivity contribution in [1.29, 1.82) is 0 Å². The van der Waals surface area contributed by atoms with E-state index in [0.717, 1.165) is 38.6 Å². The van der Waals surface area contributed by atoms with Crippen molar-refractivity contribution in [3.8, 4) is 11.5 Å². The maximum atomic E-state index is 13.0. The van der Waals surface area contributed by atoms with Crippen LogP contribution in [0.4, 0.5) is 0 Å². The van der Waals surface area contributed by atoms with Gasteiger partial charge >= 0.3 is 0 Å². The van der Waals surface area contributed by atoms with Crippen LogP contribution in [0, 0.1) is 13.8 Å². The van der Waals surface area contributed by atoms with Crippen LogP contribution in [-0.4, -0.2) is 20.4 Å². The zero-order chi connectivity index (χ0) is 22.9. The third-order valence-corrected chi connectivity index (χ3v) is 5.85. The summed E-state index contributed by atoms with van der Waals surface area (Å²) in [7, 11) is 1.96. The van der Waals surface area contributed by atoms with E-state index in [2.05, 4.69) is 15.3 Å². The van der Waals surface area contributed by atoms with Crippen LogP contribution >= 0.6 is 0 Å². The third-order valence-electron chi connectivity index (χ3n) is 5.85. The maximum absolute atomic E-state index is 13.0. The van der Waals surface area contributed by atoms with E-state index in [4.69, 9.17) is 4.74 Å². The van der Waals surface area contributed by atoms with Gasteiger partial charge < -0.3 is 14.6 Å². The van der Waals surface area contributed by atoms with E-state index in [1.165, 1.54) is 0 Å². The number of nitrogens with one attached hydrogen (secondary N) is 1. The SMILES string of the molecule is Cc1ccc2c(Oc3cccc(C(=O)NCc4ccc5c(c4)ncn5C)c3C)ccnc2c1. The van der Waals surface area contributed by atoms with E-state index < -0.39 is 0 Å². The average molecular weight is 437 g/mol. The lowest BCUT2D eigenvalue weighted by molar-refractivity contribution is 0.0950. The number of aromatic nitrogens is 3. The third kappa shape index (κ3) is 4.03. The lowest BCUT2D eigenvalue weighted by Gasteiger charge is -2.14. The number of benzene rings is 3. The molecule has 0 atom stereocenters. The molecule has 0 saturated heterocycles. The Kier molecular flexibility index (Phi) is 5.26. The smallest absolute Gasteiger partial charge is 0.251 e. The quantitative estimate of drug-likeness (QED) is 0.397. The Morgan fingerprint density at radius 2 is 1.85 bits per heavy atom. The Labute approximate surface area is 191 Å². The molecule has 6 heteroatoms. The Morgan fingerprint density at radius 1 is 0.970 bits per heavy atom. The zero-order valence-electron chi connectivity index (χ0n) is 18.8. The number of rotatable bonds is 5. The Bertz CT molecular complexity index is 1500. The lowest BCUT2D eigenvalue weighted by atomic mass is 10.1. The molecule has 0 aliphatic carbocycles. The molecule has 5 aromatic rings. The Hall–Kier alpha value is -4.19. The molecular formula is C27H24N4O2. The molecule has 2 aromatic heterocycles. The molecule has 1 N–H and O–H groups in total. The number of pyridine rings is 1. The first kappa shape index (κ1) is 20.7. The van der Waals surface area contributed by atoms with Crippen LogP contribution in [0.5, 0.6) is 11.5 Å². The molecule has 164 valence electrons. The minimum absolute atomic E-state index is 0.144. The summed E-state index contributed by atoms with van der Waals surface area (Å²) in [6, 6.07) is 19.5. The van der Waals surface area contributed by atoms with Gasteiger partial charge in [0, 0.05) is 36.3 Å². The Morgan fingerprint density at radius 3 is 2.73 bits per heavy atom. The van der Waals surface area contributed by atoms with Crippen molar-refractivity contribution in [2.75, 3.05) is 0 Å². The first-order valence-electron chi connectivity index (χ1n) is 10.8. The number of imidazole rings is 1. The van der Waals surface area contributed by atoms with Crippen molar-refractivity contribution in [3.05, 3.63) is 95.4 Å². The van der Waals surface area contributed by atoms with Crippen molar-refractivity contribution >= 4 is 27.8 Å². The van der Waals surface area contributed by atoms with Gasteiger partial charge in [-0.25, -0.2) is 4.98 Å². The first-order valence-corrected chi connectivity index (χ1v) is 10.8. The first-order chi connectivity index (χ1) is 16.0. The van der Waals surface area contributed by atoms with E-state index in [1.54, 1.807) is 12.5 Å². The number of hydrogen-bond acceptors (Lipinski definition) is 4. The summed E-state index contributed by atoms with van der Waals surface area (Å²) in [5.41, 5.74) is 6.36. The molecule has 0 radical (unpaired) electrons. The van der Waals surface area contributed by atoms with E-state index >= 15 is 0 Å². The molecule has 0 bridgehead atoms. The molecule has 1 amide bonds. The molecule has 33 heavy (non-hydrogen) atoms. The van der Waals surface area contributed by atoms with Crippen LogP contribution in [0.25, 0.3) is 21.9 Å². The number of nitrogens with zero attached hydrogens (tertiary/aromatic N) is 3. The van der Waals surface area contributed by atoms with E-state index in [9.17, 15) is 4.79 Å². The van der Waals surface area contributed by atoms with Crippen LogP contribution in [-0.2, 0) is 13.6 Å². The fraction of sp³-hybridized carbons (Fsp3) is 0.148. The molecule has 2 heterocycles. The summed E-state index contributed by atoms with van der Waals surface area (Å²) < 4.78 is 8.21. The van der Waals surface area contributed by atoms with Gasteiger partial charge in [-0.05, 0) is 67.4 Å². The molecule has 5 rings (SSSR count). The van der Waals surface area contributed by atoms with Gasteiger partial charge in [-0.15, -0.1) is 0 Å². The van der Waals surface area contributed by atoms with Crippen molar-refractivity contribution in [1.82, 2.24) is 19.9 Å². The van der Waals surface area contributed by atoms with Gasteiger partial charge in [0.25, 0.3) is 5.91 Å². The van der Waals surface area contributed by atoms with Crippen molar-refractivity contribution in [3.63, 3.8) is 0 Å². The number of hydrogen-bond donors (Lipinski definition) is 1. The number of ether oxygens (including phenoxy) is 1. The van der Waals surface area contributed by atoms with Crippen molar-refractivity contribution < 1.29 is 9.53 Å². The molecule has 0 aliphatic rings. The Balaban J connectivity index is 1.36. The summed E-state index contributed by atoms with van der Waals surface area (Å²) in [4.78, 5) is 21.8. The van der Waals surface area contributed by atoms with Crippen LogP contribution in [0.1, 0.15) is 27.0 Å². The van der Waals surface area contributed by atoms with Crippen molar-refractivity contribution in [2.24, 2.45) is 7.05 Å². The van der Waals surface area contributed by atoms with E-state index in [0.29, 0.717) is 23.6 Å². The fourth-order valence-electron chi connectivity index (χ4n) is 3.98. The van der Waals surface area contributed by atoms with Crippen LogP contribution < -0.4 is 10.1 Å². The molecular weight excluding hydrogens is 412 g/mol. The van der Waals surface area contributed by atoms with Gasteiger partial charge in [0.1, 0.15) is 11.5 Å². The zero-order valence-corrected chi connectivity index (χ0v) is 18.8. The molecule has 0 saturated carbocycles. The molecule has 0 aliphatic heterocycles. The topological polar surface area (TPSA) is 69.0 Å². The second kappa shape index (κ2) is 8.39. The lowest BCUT2D eigenvalue weighted by Crippen LogP contribution is -2.23. The second-order valence-electron chi connectivity index (χ2n) is 8.22. The van der Waals surface area contributed by atoms with Gasteiger partial charge in [-0.2, -0.15) is 0 Å². The average Bonchev–Trinajstić information content (AvgIpc) is 3.18. The number of aryl methyl sites for hydroxylation is 2. The number of amides is 1. The molecule has 3 aromatic carbocycles. The van der Waals surface area contributed by atoms with Gasteiger partial charge in [0.15, 0.2) is 0 Å². The summed E-state index contributed by atoms with van der Waals surface area (Å²) >= 11 is 0. The summed E-state index contributed by atoms with van der Waals surface area (Å²) in [6.07, 6.45) is 3.52. The highest BCUT2D eigenvalue weighted by atomic mass is 16.5. The van der Waals surface area contributed by atoms with Gasteiger partial charge in [0.05, 0.1) is 22.9 Å². The monoisotopic (exact) mass is 436 g/mol. The minimum Gasteiger partial charge on any atom is -0.456 e. The van der Waals surface area contributed by atoms with Crippen LogP contribution in [0.15, 0.2) is 73.2 Å². The second-order valence-corrected chi connectivity index (χ2v) is 8.22. The molecule has 0 unspecified atom stereocenters. The number of carbonyl (C=O) groups is 1. The fourth-order valence-corrected chi connectivity index (χ4v) is 3.98. The number of fused-ring (bicyclic) bond motifs is 2. The van der Waals surface area contributed by atoms with Gasteiger partial charge in [-0.3, -0.25) is 9.78 Å². The van der Waals surface area contributed by atoms with E-state index in [1.807, 2.05) is 86.1 Å². The summed E-state index contributed by atoms with van der Waals surface area (Å²) in [5.74, 6) is 1.21. The standard InChI is InChI=1S/C27H24N4O2/c1-17-7-9-21-22(13-17)28-12-11-26(21)33-25-6-4-5-20(18(25)2)27(32)29-15-19-8-10-24-23(14-19)30-16-31(24)3/h4-14,16H,15H2,1-3H3,(H,29,32). The van der Waals surface area contributed by atoms with Crippen LogP contribution in [0.3, 0.4) is 0 Å². The summed E-state index contributed by atoms with van der Waals surface area (Å²) in [5, 5.41) is 3.95. The summed E-state index contributed by atoms with van der Waals surface area (Å²) in [6.45, 7) is 4.36. The highest BCUT2D eigenvalue weighted by Crippen LogP contribution is 2.32.